The standard InChI is InChI=1S/C64H49N/c1-5-15-43(16-6-1)45-25-30-52(31-26-45)65(53-32-27-46(28-33-53)44-17-7-2-8-18-44)59-39-50(38-55(47-19-9-3-10-20-47)62(59)48-21-11-4-12-22-48)49-29-34-58-56(37-49)54-23-13-14-24-57(54)64(58)60-36-42-35-51-40-61(64)63(51,60)41-42/h1-34,37-39,42,51,60-61H,35-36,40-41H2. The Hall–Kier alpha value is -7.22. The molecule has 6 atom stereocenters. The molecule has 310 valence electrons. The van der Waals surface area contributed by atoms with Crippen molar-refractivity contribution >= 4 is 17.1 Å². The quantitative estimate of drug-likeness (QED) is 0.147. The van der Waals surface area contributed by atoms with Gasteiger partial charge in [0.1, 0.15) is 0 Å². The monoisotopic (exact) mass is 831 g/mol. The fraction of sp³-hybridized carbons (Fsp3) is 0.156. The largest absolute Gasteiger partial charge is 0.310 e. The van der Waals surface area contributed by atoms with Gasteiger partial charge in [0.2, 0.25) is 0 Å². The summed E-state index contributed by atoms with van der Waals surface area (Å²) in [5, 5.41) is 0. The molecule has 0 saturated heterocycles. The van der Waals surface area contributed by atoms with Gasteiger partial charge in [0, 0.05) is 22.4 Å². The lowest BCUT2D eigenvalue weighted by Gasteiger charge is -2.76. The SMILES string of the molecule is c1ccc(-c2ccc(N(c3ccc(-c4ccccc4)cc3)c3cc(-c4ccc5c(c4)-c4ccccc4C54C5CC6CC7CC4C75C6)cc(-c4ccccc4)c3-c3ccccc3)cc2)cc1. The van der Waals surface area contributed by atoms with Gasteiger partial charge in [0.25, 0.3) is 0 Å². The molecule has 6 unspecified atom stereocenters. The molecule has 0 aliphatic heterocycles. The van der Waals surface area contributed by atoms with Crippen LogP contribution < -0.4 is 4.90 Å². The van der Waals surface area contributed by atoms with Crippen LogP contribution in [0.5, 0.6) is 0 Å². The van der Waals surface area contributed by atoms with Crippen molar-refractivity contribution in [2.24, 2.45) is 29.1 Å². The molecule has 0 amide bonds. The van der Waals surface area contributed by atoms with Gasteiger partial charge in [-0.3, -0.25) is 0 Å². The van der Waals surface area contributed by atoms with Gasteiger partial charge < -0.3 is 4.90 Å². The van der Waals surface area contributed by atoms with Crippen LogP contribution in [0.15, 0.2) is 224 Å². The first kappa shape index (κ1) is 37.2. The predicted molar refractivity (Wildman–Crippen MR) is 269 cm³/mol. The van der Waals surface area contributed by atoms with Crippen LogP contribution in [0.3, 0.4) is 0 Å². The highest BCUT2D eigenvalue weighted by Crippen LogP contribution is 2.89. The molecule has 1 nitrogen and oxygen atoms in total. The summed E-state index contributed by atoms with van der Waals surface area (Å²) in [4.78, 5) is 2.50. The lowest BCUT2D eigenvalue weighted by molar-refractivity contribution is -0.231. The van der Waals surface area contributed by atoms with Gasteiger partial charge in [-0.05, 0) is 170 Å². The molecule has 4 fully saturated rings. The second-order valence-electron chi connectivity index (χ2n) is 19.7. The van der Waals surface area contributed by atoms with Crippen LogP contribution in [0.1, 0.15) is 36.8 Å². The van der Waals surface area contributed by atoms with E-state index >= 15 is 0 Å². The van der Waals surface area contributed by atoms with E-state index in [9.17, 15) is 0 Å². The molecule has 65 heavy (non-hydrogen) atoms. The van der Waals surface area contributed by atoms with Crippen molar-refractivity contribution in [2.75, 3.05) is 4.90 Å². The average molecular weight is 832 g/mol. The summed E-state index contributed by atoms with van der Waals surface area (Å²) in [5.41, 5.74) is 22.5. The summed E-state index contributed by atoms with van der Waals surface area (Å²) in [6.07, 6.45) is 5.82. The normalized spacial score (nSPS) is 23.6. The number of nitrogens with zero attached hydrogens (tertiary/aromatic N) is 1. The van der Waals surface area contributed by atoms with Gasteiger partial charge >= 0.3 is 0 Å². The van der Waals surface area contributed by atoms with E-state index in [0.29, 0.717) is 5.41 Å². The maximum absolute atomic E-state index is 2.58. The lowest BCUT2D eigenvalue weighted by atomic mass is 9.27. The Morgan fingerprint density at radius 2 is 0.846 bits per heavy atom. The van der Waals surface area contributed by atoms with Gasteiger partial charge in [-0.15, -0.1) is 0 Å². The molecular weight excluding hydrogens is 783 g/mol. The van der Waals surface area contributed by atoms with E-state index in [1.165, 1.54) is 92.4 Å². The van der Waals surface area contributed by atoms with Crippen LogP contribution in [-0.2, 0) is 5.41 Å². The summed E-state index contributed by atoms with van der Waals surface area (Å²) in [5.74, 6) is 3.50. The van der Waals surface area contributed by atoms with Crippen molar-refractivity contribution in [3.8, 4) is 66.8 Å². The van der Waals surface area contributed by atoms with Crippen molar-refractivity contribution < 1.29 is 0 Å². The van der Waals surface area contributed by atoms with Gasteiger partial charge in [-0.2, -0.15) is 0 Å². The minimum absolute atomic E-state index is 0.183. The summed E-state index contributed by atoms with van der Waals surface area (Å²) >= 11 is 0. The van der Waals surface area contributed by atoms with E-state index in [2.05, 4.69) is 229 Å². The van der Waals surface area contributed by atoms with Gasteiger partial charge in [-0.1, -0.05) is 182 Å². The highest BCUT2D eigenvalue weighted by atomic mass is 15.1. The van der Waals surface area contributed by atoms with Crippen LogP contribution in [0, 0.1) is 29.1 Å². The van der Waals surface area contributed by atoms with Crippen molar-refractivity contribution in [1.82, 2.24) is 0 Å². The van der Waals surface area contributed by atoms with Crippen LogP contribution in [0.2, 0.25) is 0 Å². The average Bonchev–Trinajstić information content (AvgIpc) is 4.02. The first-order valence-corrected chi connectivity index (χ1v) is 23.8. The molecule has 0 N–H and O–H groups in total. The second kappa shape index (κ2) is 14.1. The molecule has 14 rings (SSSR count). The molecule has 9 aromatic carbocycles. The van der Waals surface area contributed by atoms with Crippen LogP contribution in [0.25, 0.3) is 66.8 Å². The number of benzene rings is 9. The summed E-state index contributed by atoms with van der Waals surface area (Å²) in [6.45, 7) is 0. The Morgan fingerprint density at radius 3 is 1.46 bits per heavy atom. The third-order valence-corrected chi connectivity index (χ3v) is 16.9. The molecule has 9 aromatic rings. The molecule has 5 aliphatic carbocycles. The van der Waals surface area contributed by atoms with E-state index in [1.54, 1.807) is 11.1 Å². The number of anilines is 3. The predicted octanol–water partition coefficient (Wildman–Crippen LogP) is 16.8. The first-order chi connectivity index (χ1) is 32.2. The number of hydrogen-bond acceptors (Lipinski definition) is 1. The van der Waals surface area contributed by atoms with Crippen molar-refractivity contribution in [2.45, 2.75) is 31.1 Å². The zero-order valence-corrected chi connectivity index (χ0v) is 36.4. The Morgan fingerprint density at radius 1 is 0.354 bits per heavy atom. The molecule has 2 bridgehead atoms. The van der Waals surface area contributed by atoms with Gasteiger partial charge in [-0.25, -0.2) is 0 Å². The molecule has 5 aliphatic rings. The van der Waals surface area contributed by atoms with E-state index in [0.717, 1.165) is 40.7 Å². The van der Waals surface area contributed by atoms with Gasteiger partial charge in [0.15, 0.2) is 0 Å². The topological polar surface area (TPSA) is 3.24 Å². The number of rotatable bonds is 8. The maximum Gasteiger partial charge on any atom is 0.0552 e. The third kappa shape index (κ3) is 5.27. The Kier molecular flexibility index (Phi) is 8.09. The van der Waals surface area contributed by atoms with Crippen molar-refractivity contribution in [1.29, 1.82) is 0 Å². The van der Waals surface area contributed by atoms with E-state index in [4.69, 9.17) is 0 Å². The molecule has 2 spiro atoms. The lowest BCUT2D eigenvalue weighted by Crippen LogP contribution is -2.73. The van der Waals surface area contributed by atoms with Gasteiger partial charge in [0.05, 0.1) is 5.69 Å². The van der Waals surface area contributed by atoms with E-state index in [-0.39, 0.29) is 5.41 Å². The molecule has 0 radical (unpaired) electrons. The highest BCUT2D eigenvalue weighted by molar-refractivity contribution is 6.00. The molecule has 0 heterocycles. The smallest absolute Gasteiger partial charge is 0.0552 e. The number of fused-ring (bicyclic) bond motifs is 8. The van der Waals surface area contributed by atoms with E-state index < -0.39 is 0 Å². The third-order valence-electron chi connectivity index (χ3n) is 16.9. The zero-order chi connectivity index (χ0) is 42.7. The summed E-state index contributed by atoms with van der Waals surface area (Å²) in [6, 6.07) is 83.9. The second-order valence-corrected chi connectivity index (χ2v) is 19.7. The van der Waals surface area contributed by atoms with Crippen LogP contribution in [-0.4, -0.2) is 0 Å². The summed E-state index contributed by atoms with van der Waals surface area (Å²) < 4.78 is 0. The highest BCUT2D eigenvalue weighted by Gasteiger charge is 2.84. The molecule has 0 aromatic heterocycles. The summed E-state index contributed by atoms with van der Waals surface area (Å²) in [7, 11) is 0. The fourth-order valence-corrected chi connectivity index (χ4v) is 14.5. The zero-order valence-electron chi connectivity index (χ0n) is 36.4. The Labute approximate surface area is 382 Å². The Balaban J connectivity index is 0.993. The van der Waals surface area contributed by atoms with Crippen LogP contribution >= 0.6 is 0 Å². The molecule has 1 heteroatoms. The van der Waals surface area contributed by atoms with Crippen molar-refractivity contribution in [3.05, 3.63) is 236 Å². The fourth-order valence-electron chi connectivity index (χ4n) is 14.5. The van der Waals surface area contributed by atoms with E-state index in [1.807, 2.05) is 0 Å². The maximum atomic E-state index is 2.58. The molecule has 4 saturated carbocycles. The van der Waals surface area contributed by atoms with Crippen molar-refractivity contribution in [3.63, 3.8) is 0 Å². The minimum Gasteiger partial charge on any atom is -0.310 e. The number of hydrogen-bond donors (Lipinski definition) is 0. The minimum atomic E-state index is 0.183. The van der Waals surface area contributed by atoms with Crippen LogP contribution in [0.4, 0.5) is 17.1 Å². The first-order valence-electron chi connectivity index (χ1n) is 23.8. The Bertz CT molecular complexity index is 3180. The molecular formula is C64H49N.